The fourth-order valence-corrected chi connectivity index (χ4v) is 3.37. The van der Waals surface area contributed by atoms with Crippen LogP contribution in [0.4, 0.5) is 0 Å². The van der Waals surface area contributed by atoms with E-state index in [2.05, 4.69) is 0 Å². The van der Waals surface area contributed by atoms with Crippen LogP contribution in [0.25, 0.3) is 0 Å². The Labute approximate surface area is 137 Å². The smallest absolute Gasteiger partial charge is 0.266 e. The maximum atomic E-state index is 12.8. The van der Waals surface area contributed by atoms with E-state index < -0.39 is 11.9 Å². The molecule has 1 fully saturated rings. The Morgan fingerprint density at radius 3 is 2.43 bits per heavy atom. The molecule has 0 radical (unpaired) electrons. The molecule has 2 N–H and O–H groups in total. The zero-order valence-corrected chi connectivity index (χ0v) is 13.7. The minimum atomic E-state index is -0.679. The summed E-state index contributed by atoms with van der Waals surface area (Å²) in [6, 6.07) is 8.90. The highest BCUT2D eigenvalue weighted by molar-refractivity contribution is 5.88. The van der Waals surface area contributed by atoms with Crippen LogP contribution >= 0.6 is 0 Å². The van der Waals surface area contributed by atoms with Crippen molar-refractivity contribution < 1.29 is 14.8 Å². The molecule has 2 amide bonds. The number of amides is 2. The van der Waals surface area contributed by atoms with Gasteiger partial charge in [-0.2, -0.15) is 0 Å². The van der Waals surface area contributed by atoms with Gasteiger partial charge >= 0.3 is 0 Å². The number of nitrogens with zero attached hydrogens (tertiary/aromatic N) is 1. The number of benzene rings is 1. The van der Waals surface area contributed by atoms with Crippen molar-refractivity contribution in [3.8, 4) is 0 Å². The second-order valence-corrected chi connectivity index (χ2v) is 6.14. The maximum absolute atomic E-state index is 12.8. The van der Waals surface area contributed by atoms with Gasteiger partial charge in [0.1, 0.15) is 6.04 Å². The van der Waals surface area contributed by atoms with Crippen LogP contribution in [0.15, 0.2) is 30.3 Å². The Morgan fingerprint density at radius 2 is 1.87 bits per heavy atom. The van der Waals surface area contributed by atoms with Crippen molar-refractivity contribution in [1.29, 1.82) is 0 Å². The highest BCUT2D eigenvalue weighted by Gasteiger charge is 2.33. The monoisotopic (exact) mass is 318 g/mol. The molecule has 1 aromatic carbocycles. The number of nitrogens with one attached hydrogen (secondary N) is 1. The summed E-state index contributed by atoms with van der Waals surface area (Å²) in [5.74, 6) is -0.481. The van der Waals surface area contributed by atoms with E-state index in [1.807, 2.05) is 37.3 Å². The molecule has 0 aromatic heterocycles. The molecular weight excluding hydrogens is 292 g/mol. The second kappa shape index (κ2) is 8.67. The molecule has 1 atom stereocenters. The van der Waals surface area contributed by atoms with Crippen molar-refractivity contribution in [3.63, 3.8) is 0 Å². The highest BCUT2D eigenvalue weighted by atomic mass is 16.5. The molecule has 1 aliphatic rings. The number of rotatable bonds is 6. The molecule has 0 aliphatic heterocycles. The van der Waals surface area contributed by atoms with E-state index in [-0.39, 0.29) is 11.8 Å². The van der Waals surface area contributed by atoms with E-state index in [0.29, 0.717) is 13.0 Å². The van der Waals surface area contributed by atoms with Crippen LogP contribution in [-0.2, 0) is 16.0 Å². The van der Waals surface area contributed by atoms with Gasteiger partial charge in [0, 0.05) is 18.9 Å². The van der Waals surface area contributed by atoms with E-state index >= 15 is 0 Å². The largest absolute Gasteiger partial charge is 0.330 e. The third kappa shape index (κ3) is 4.55. The average molecular weight is 318 g/mol. The summed E-state index contributed by atoms with van der Waals surface area (Å²) in [6.07, 6.45) is 5.52. The molecule has 5 heteroatoms. The number of carbonyl (C=O) groups excluding carboxylic acids is 2. The molecule has 0 saturated heterocycles. The fourth-order valence-electron chi connectivity index (χ4n) is 3.37. The van der Waals surface area contributed by atoms with Gasteiger partial charge in [0.2, 0.25) is 5.91 Å². The molecule has 126 valence electrons. The van der Waals surface area contributed by atoms with Gasteiger partial charge in [0.05, 0.1) is 0 Å². The van der Waals surface area contributed by atoms with Crippen molar-refractivity contribution >= 4 is 11.8 Å². The van der Waals surface area contributed by atoms with Gasteiger partial charge in [-0.05, 0) is 25.3 Å². The summed E-state index contributed by atoms with van der Waals surface area (Å²) >= 11 is 0. The van der Waals surface area contributed by atoms with Crippen molar-refractivity contribution in [3.05, 3.63) is 35.9 Å². The van der Waals surface area contributed by atoms with Crippen molar-refractivity contribution in [2.24, 2.45) is 5.92 Å². The van der Waals surface area contributed by atoms with E-state index in [9.17, 15) is 9.59 Å². The summed E-state index contributed by atoms with van der Waals surface area (Å²) < 4.78 is 0. The van der Waals surface area contributed by atoms with Gasteiger partial charge < -0.3 is 4.90 Å². The molecule has 5 nitrogen and oxygen atoms in total. The van der Waals surface area contributed by atoms with Crippen LogP contribution in [0.3, 0.4) is 0 Å². The lowest BCUT2D eigenvalue weighted by Gasteiger charge is -2.33. The van der Waals surface area contributed by atoms with Gasteiger partial charge in [-0.1, -0.05) is 49.6 Å². The van der Waals surface area contributed by atoms with Crippen LogP contribution in [0.1, 0.15) is 44.6 Å². The zero-order chi connectivity index (χ0) is 16.7. The third-order valence-electron chi connectivity index (χ3n) is 4.64. The number of carbonyl (C=O) groups is 2. The minimum Gasteiger partial charge on any atom is -0.330 e. The molecule has 0 bridgehead atoms. The lowest BCUT2D eigenvalue weighted by molar-refractivity contribution is -0.147. The van der Waals surface area contributed by atoms with E-state index in [4.69, 9.17) is 5.21 Å². The Kier molecular flexibility index (Phi) is 6.59. The molecule has 0 heterocycles. The molecule has 1 unspecified atom stereocenters. The van der Waals surface area contributed by atoms with Crippen molar-refractivity contribution in [2.75, 3.05) is 6.54 Å². The van der Waals surface area contributed by atoms with Gasteiger partial charge in [0.15, 0.2) is 0 Å². The number of likely N-dealkylation sites (N-methyl/N-ethyl adjacent to an activating group) is 1. The first-order valence-electron chi connectivity index (χ1n) is 8.45. The molecule has 1 aliphatic carbocycles. The van der Waals surface area contributed by atoms with Crippen molar-refractivity contribution in [2.45, 2.75) is 51.5 Å². The van der Waals surface area contributed by atoms with E-state index in [1.54, 1.807) is 10.4 Å². The predicted molar refractivity (Wildman–Crippen MR) is 87.8 cm³/mol. The first-order chi connectivity index (χ1) is 11.2. The van der Waals surface area contributed by atoms with E-state index in [1.165, 1.54) is 6.42 Å². The molecular formula is C18H26N2O3. The van der Waals surface area contributed by atoms with Crippen LogP contribution in [-0.4, -0.2) is 34.5 Å². The number of hydrogen-bond acceptors (Lipinski definition) is 3. The fraction of sp³-hybridized carbons (Fsp3) is 0.556. The SMILES string of the molecule is CCN(C(=O)C1CCCCC1)C(Cc1ccccc1)C(=O)NO. The lowest BCUT2D eigenvalue weighted by Crippen LogP contribution is -2.52. The Bertz CT molecular complexity index is 512. The summed E-state index contributed by atoms with van der Waals surface area (Å²) in [5.41, 5.74) is 2.69. The quantitative estimate of drug-likeness (QED) is 0.625. The van der Waals surface area contributed by atoms with Gasteiger partial charge in [-0.3, -0.25) is 14.8 Å². The predicted octanol–water partition coefficient (Wildman–Crippen LogP) is 2.53. The third-order valence-corrected chi connectivity index (χ3v) is 4.64. The normalized spacial score (nSPS) is 16.6. The molecule has 2 rings (SSSR count). The first-order valence-corrected chi connectivity index (χ1v) is 8.45. The molecule has 0 spiro atoms. The van der Waals surface area contributed by atoms with Gasteiger partial charge in [-0.15, -0.1) is 0 Å². The topological polar surface area (TPSA) is 69.6 Å². The summed E-state index contributed by atoms with van der Waals surface area (Å²) in [4.78, 5) is 26.6. The van der Waals surface area contributed by atoms with Crippen LogP contribution in [0.5, 0.6) is 0 Å². The van der Waals surface area contributed by atoms with Gasteiger partial charge in [0.25, 0.3) is 5.91 Å². The Hall–Kier alpha value is -1.88. The number of hydrogen-bond donors (Lipinski definition) is 2. The van der Waals surface area contributed by atoms with Crippen LogP contribution in [0, 0.1) is 5.92 Å². The second-order valence-electron chi connectivity index (χ2n) is 6.14. The molecule has 1 aromatic rings. The summed E-state index contributed by atoms with van der Waals surface area (Å²) in [7, 11) is 0. The summed E-state index contributed by atoms with van der Waals surface area (Å²) in [6.45, 7) is 2.34. The zero-order valence-electron chi connectivity index (χ0n) is 13.7. The standard InChI is InChI=1S/C18H26N2O3/c1-2-20(18(22)15-11-7-4-8-12-15)16(17(21)19-23)13-14-9-5-3-6-10-14/h3,5-6,9-10,15-16,23H,2,4,7-8,11-13H2,1H3,(H,19,21). The van der Waals surface area contributed by atoms with E-state index in [0.717, 1.165) is 31.2 Å². The van der Waals surface area contributed by atoms with Crippen LogP contribution in [0.2, 0.25) is 0 Å². The molecule has 23 heavy (non-hydrogen) atoms. The van der Waals surface area contributed by atoms with Gasteiger partial charge in [-0.25, -0.2) is 5.48 Å². The minimum absolute atomic E-state index is 0.00784. The Balaban J connectivity index is 2.16. The van der Waals surface area contributed by atoms with Crippen molar-refractivity contribution in [1.82, 2.24) is 10.4 Å². The maximum Gasteiger partial charge on any atom is 0.266 e. The summed E-state index contributed by atoms with van der Waals surface area (Å²) in [5, 5.41) is 9.08. The molecule has 1 saturated carbocycles. The van der Waals surface area contributed by atoms with Crippen LogP contribution < -0.4 is 5.48 Å². The Morgan fingerprint density at radius 1 is 1.22 bits per heavy atom. The first kappa shape index (κ1) is 17.5. The highest BCUT2D eigenvalue weighted by Crippen LogP contribution is 2.26. The number of hydroxylamine groups is 1. The lowest BCUT2D eigenvalue weighted by atomic mass is 9.87. The average Bonchev–Trinajstić information content (AvgIpc) is 2.62.